The molecule has 0 aliphatic heterocycles. The maximum absolute atomic E-state index is 7.32. The van der Waals surface area contributed by atoms with E-state index >= 15 is 0 Å². The molecule has 0 rings (SSSR count). The van der Waals surface area contributed by atoms with E-state index < -0.39 is 0 Å². The van der Waals surface area contributed by atoms with Crippen LogP contribution in [0, 0.1) is 17.2 Å². The number of rotatable bonds is 0. The van der Waals surface area contributed by atoms with Crippen LogP contribution in [0.3, 0.4) is 0 Å². The molecular formula is C8H19N. The molecule has 0 saturated heterocycles. The minimum absolute atomic E-state index is 0.833. The Kier molecular flexibility index (Phi) is 45.5. The van der Waals surface area contributed by atoms with Gasteiger partial charge in [0.05, 0.1) is 6.07 Å². The molecule has 0 radical (unpaired) electrons. The van der Waals surface area contributed by atoms with Crippen LogP contribution in [0.25, 0.3) is 0 Å². The van der Waals surface area contributed by atoms with Crippen molar-refractivity contribution in [2.75, 3.05) is 0 Å². The number of nitriles is 1. The molecule has 0 saturated carbocycles. The first kappa shape index (κ1) is 15.8. The lowest BCUT2D eigenvalue weighted by Crippen LogP contribution is -1.66. The second kappa shape index (κ2) is 25.9. The second-order valence-corrected chi connectivity index (χ2v) is 1.96. The zero-order valence-electron chi connectivity index (χ0n) is 7.52. The molecular weight excluding hydrogens is 110 g/mol. The summed E-state index contributed by atoms with van der Waals surface area (Å²) in [5.41, 5.74) is 0. The van der Waals surface area contributed by atoms with Gasteiger partial charge >= 0.3 is 0 Å². The van der Waals surface area contributed by atoms with E-state index in [9.17, 15) is 0 Å². The summed E-state index contributed by atoms with van der Waals surface area (Å²) < 4.78 is 0. The number of hydrogen-bond donors (Lipinski definition) is 0. The van der Waals surface area contributed by atoms with Gasteiger partial charge < -0.3 is 0 Å². The molecule has 0 atom stereocenters. The van der Waals surface area contributed by atoms with E-state index in [2.05, 4.69) is 20.8 Å². The first-order valence-corrected chi connectivity index (χ1v) is 3.46. The summed E-state index contributed by atoms with van der Waals surface area (Å²) in [4.78, 5) is 0. The summed E-state index contributed by atoms with van der Waals surface area (Å²) in [5, 5.41) is 7.32. The van der Waals surface area contributed by atoms with Gasteiger partial charge in [0.25, 0.3) is 0 Å². The molecule has 0 N–H and O–H groups in total. The van der Waals surface area contributed by atoms with E-state index in [0.717, 1.165) is 5.92 Å². The van der Waals surface area contributed by atoms with Crippen LogP contribution >= 0.6 is 0 Å². The molecule has 1 heteroatoms. The standard InChI is InChI=1S/C4H10.C2H3N.C2H6/c1-4(2)3;1-2-3;1-2/h4H,1-3H3;1H3;1-2H3. The summed E-state index contributed by atoms with van der Waals surface area (Å²) in [5.74, 6) is 0.833. The van der Waals surface area contributed by atoms with Crippen LogP contribution in [0.4, 0.5) is 0 Å². The van der Waals surface area contributed by atoms with Gasteiger partial charge in [-0.15, -0.1) is 0 Å². The summed E-state index contributed by atoms with van der Waals surface area (Å²) >= 11 is 0. The van der Waals surface area contributed by atoms with Gasteiger partial charge in [0, 0.05) is 6.92 Å². The fraction of sp³-hybridized carbons (Fsp3) is 0.875. The Morgan fingerprint density at radius 3 is 1.11 bits per heavy atom. The molecule has 0 spiro atoms. The zero-order chi connectivity index (χ0) is 8.28. The average Bonchev–Trinajstić information content (AvgIpc) is 1.71. The maximum atomic E-state index is 7.32. The molecule has 0 heterocycles. The third-order valence-corrected chi connectivity index (χ3v) is 0. The van der Waals surface area contributed by atoms with E-state index in [0.29, 0.717) is 0 Å². The van der Waals surface area contributed by atoms with Crippen LogP contribution < -0.4 is 0 Å². The number of hydrogen-bond acceptors (Lipinski definition) is 1. The smallest absolute Gasteiger partial charge is 0.0587 e. The highest BCUT2D eigenvalue weighted by Crippen LogP contribution is 1.81. The van der Waals surface area contributed by atoms with Crippen LogP contribution in [0.1, 0.15) is 41.5 Å². The van der Waals surface area contributed by atoms with Crippen LogP contribution in [-0.4, -0.2) is 0 Å². The predicted octanol–water partition coefficient (Wildman–Crippen LogP) is 3.22. The van der Waals surface area contributed by atoms with E-state index in [-0.39, 0.29) is 0 Å². The van der Waals surface area contributed by atoms with Gasteiger partial charge in [0.2, 0.25) is 0 Å². The Bertz CT molecular complexity index is 47.3. The molecule has 0 aromatic heterocycles. The van der Waals surface area contributed by atoms with Crippen molar-refractivity contribution in [3.05, 3.63) is 0 Å². The lowest BCUT2D eigenvalue weighted by Gasteiger charge is -1.79. The molecule has 0 aromatic rings. The molecule has 1 nitrogen and oxygen atoms in total. The molecule has 9 heavy (non-hydrogen) atoms. The van der Waals surface area contributed by atoms with Gasteiger partial charge in [-0.1, -0.05) is 34.6 Å². The van der Waals surface area contributed by atoms with Crippen LogP contribution in [0.2, 0.25) is 0 Å². The SMILES string of the molecule is CC.CC#N.CC(C)C. The molecule has 0 amide bonds. The minimum atomic E-state index is 0.833. The molecule has 0 aliphatic carbocycles. The van der Waals surface area contributed by atoms with E-state index in [1.54, 1.807) is 6.07 Å². The van der Waals surface area contributed by atoms with Crippen molar-refractivity contribution in [2.45, 2.75) is 41.5 Å². The number of nitrogens with zero attached hydrogens (tertiary/aromatic N) is 1. The largest absolute Gasteiger partial charge is 0.199 e. The first-order chi connectivity index (χ1) is 4.15. The molecule has 0 bridgehead atoms. The van der Waals surface area contributed by atoms with Gasteiger partial charge in [-0.3, -0.25) is 0 Å². The van der Waals surface area contributed by atoms with Crippen molar-refractivity contribution in [3.63, 3.8) is 0 Å². The van der Waals surface area contributed by atoms with Crippen molar-refractivity contribution >= 4 is 0 Å². The molecule has 0 aliphatic rings. The highest BCUT2D eigenvalue weighted by Gasteiger charge is 1.68. The van der Waals surface area contributed by atoms with Crippen LogP contribution in [0.15, 0.2) is 0 Å². The lowest BCUT2D eigenvalue weighted by atomic mass is 10.3. The van der Waals surface area contributed by atoms with Crippen molar-refractivity contribution in [1.29, 1.82) is 5.26 Å². The highest BCUT2D eigenvalue weighted by molar-refractivity contribution is 4.51. The monoisotopic (exact) mass is 129 g/mol. The van der Waals surface area contributed by atoms with Gasteiger partial charge in [0.1, 0.15) is 0 Å². The Hall–Kier alpha value is -0.510. The Balaban J connectivity index is -0.0000000646. The molecule has 56 valence electrons. The fourth-order valence-corrected chi connectivity index (χ4v) is 0. The van der Waals surface area contributed by atoms with Gasteiger partial charge in [0.15, 0.2) is 0 Å². The Morgan fingerprint density at radius 2 is 1.11 bits per heavy atom. The van der Waals surface area contributed by atoms with Gasteiger partial charge in [-0.25, -0.2) is 0 Å². The molecule has 0 fully saturated rings. The first-order valence-electron chi connectivity index (χ1n) is 3.46. The quantitative estimate of drug-likeness (QED) is 0.492. The zero-order valence-corrected chi connectivity index (χ0v) is 7.52. The Morgan fingerprint density at radius 1 is 1.11 bits per heavy atom. The third kappa shape index (κ3) is 868. The predicted molar refractivity (Wildman–Crippen MR) is 43.1 cm³/mol. The average molecular weight is 129 g/mol. The topological polar surface area (TPSA) is 23.8 Å². The van der Waals surface area contributed by atoms with Crippen molar-refractivity contribution in [3.8, 4) is 6.07 Å². The second-order valence-electron chi connectivity index (χ2n) is 1.96. The fourth-order valence-electron chi connectivity index (χ4n) is 0. The third-order valence-electron chi connectivity index (χ3n) is 0. The van der Waals surface area contributed by atoms with Gasteiger partial charge in [-0.2, -0.15) is 5.26 Å². The van der Waals surface area contributed by atoms with E-state index in [4.69, 9.17) is 5.26 Å². The summed E-state index contributed by atoms with van der Waals surface area (Å²) in [6, 6.07) is 1.75. The maximum Gasteiger partial charge on any atom is 0.0587 e. The van der Waals surface area contributed by atoms with E-state index in [1.165, 1.54) is 6.92 Å². The van der Waals surface area contributed by atoms with Gasteiger partial charge in [-0.05, 0) is 5.92 Å². The molecule has 0 aromatic carbocycles. The molecule has 0 unspecified atom stereocenters. The normalized spacial score (nSPS) is 5.56. The van der Waals surface area contributed by atoms with E-state index in [1.807, 2.05) is 13.8 Å². The highest BCUT2D eigenvalue weighted by atomic mass is 14.2. The van der Waals surface area contributed by atoms with Crippen molar-refractivity contribution in [1.82, 2.24) is 0 Å². The summed E-state index contributed by atoms with van der Waals surface area (Å²) in [7, 11) is 0. The van der Waals surface area contributed by atoms with Crippen LogP contribution in [-0.2, 0) is 0 Å². The summed E-state index contributed by atoms with van der Waals surface area (Å²) in [6.45, 7) is 11.9. The van der Waals surface area contributed by atoms with Crippen LogP contribution in [0.5, 0.6) is 0 Å². The van der Waals surface area contributed by atoms with Crippen molar-refractivity contribution in [2.24, 2.45) is 5.92 Å². The Labute approximate surface area is 59.7 Å². The lowest BCUT2D eigenvalue weighted by molar-refractivity contribution is 0.737. The minimum Gasteiger partial charge on any atom is -0.199 e. The van der Waals surface area contributed by atoms with Crippen molar-refractivity contribution < 1.29 is 0 Å². The summed E-state index contributed by atoms with van der Waals surface area (Å²) in [6.07, 6.45) is 0.